The van der Waals surface area contributed by atoms with Crippen LogP contribution in [-0.4, -0.2) is 47.1 Å². The van der Waals surface area contributed by atoms with E-state index in [1.54, 1.807) is 7.05 Å². The van der Waals surface area contributed by atoms with Crippen LogP contribution in [0.4, 0.5) is 4.79 Å². The predicted octanol–water partition coefficient (Wildman–Crippen LogP) is -0.101. The molecule has 4 nitrogen and oxygen atoms in total. The largest absolute Gasteiger partial charge is 0.500 e. The van der Waals surface area contributed by atoms with Gasteiger partial charge in [-0.2, -0.15) is 9.69 Å². The summed E-state index contributed by atoms with van der Waals surface area (Å²) in [4.78, 5) is 23.0. The molecule has 3 amide bonds. The number of halogens is 1. The van der Waals surface area contributed by atoms with Crippen molar-refractivity contribution in [2.45, 2.75) is 5.38 Å². The van der Waals surface area contributed by atoms with Crippen molar-refractivity contribution in [2.24, 2.45) is 0 Å². The highest BCUT2D eigenvalue weighted by atomic mass is 35.5. The summed E-state index contributed by atoms with van der Waals surface area (Å²) in [6, 6.07) is -0.355. The Hall–Kier alpha value is -0.900. The fourth-order valence-electron chi connectivity index (χ4n) is 0.840. The summed E-state index contributed by atoms with van der Waals surface area (Å²) in [6.45, 7) is 0. The first-order valence-corrected chi connectivity index (χ1v) is 3.51. The number of rotatable bonds is 0. The number of carbonyl (C=O) groups is 2. The number of imide groups is 1. The number of hydrogen-bond acceptors (Lipinski definition) is 2. The zero-order valence-electron chi connectivity index (χ0n) is 6.24. The standard InChI is InChI=1S/C6H8ClN2O2/c1-8-3-4(7)5(10)9(2)6(8)11/h3-4H,1-2H3/q+1. The Balaban J connectivity index is 3.01. The van der Waals surface area contributed by atoms with Gasteiger partial charge in [-0.25, -0.2) is 9.37 Å². The molecule has 5 heteroatoms. The van der Waals surface area contributed by atoms with Gasteiger partial charge in [0, 0.05) is 0 Å². The average molecular weight is 176 g/mol. The Morgan fingerprint density at radius 2 is 2.18 bits per heavy atom. The normalized spacial score (nSPS) is 25.5. The van der Waals surface area contributed by atoms with E-state index in [0.717, 1.165) is 4.90 Å². The molecule has 60 valence electrons. The smallest absolute Gasteiger partial charge is 0.244 e. The third-order valence-electron chi connectivity index (χ3n) is 1.51. The topological polar surface area (TPSA) is 40.4 Å². The molecule has 0 fully saturated rings. The lowest BCUT2D eigenvalue weighted by Gasteiger charge is -2.14. The third kappa shape index (κ3) is 1.26. The lowest BCUT2D eigenvalue weighted by atomic mass is 10.3. The summed E-state index contributed by atoms with van der Waals surface area (Å²) in [5, 5.41) is -0.720. The van der Waals surface area contributed by atoms with E-state index in [1.165, 1.54) is 17.8 Å². The van der Waals surface area contributed by atoms with Gasteiger partial charge in [-0.05, 0) is 0 Å². The van der Waals surface area contributed by atoms with Crippen molar-refractivity contribution in [1.29, 1.82) is 0 Å². The molecule has 0 aromatic rings. The van der Waals surface area contributed by atoms with Crippen molar-refractivity contribution in [2.75, 3.05) is 14.1 Å². The molecule has 0 saturated heterocycles. The van der Waals surface area contributed by atoms with Gasteiger partial charge in [0.25, 0.3) is 0 Å². The van der Waals surface area contributed by atoms with Gasteiger partial charge >= 0.3 is 11.9 Å². The second-order valence-corrected chi connectivity index (χ2v) is 2.81. The number of hydrogen-bond donors (Lipinski definition) is 0. The van der Waals surface area contributed by atoms with E-state index in [0.29, 0.717) is 0 Å². The molecule has 1 aliphatic heterocycles. The van der Waals surface area contributed by atoms with Crippen LogP contribution in [0.1, 0.15) is 0 Å². The SMILES string of the molecule is CN1C(=O)C(Cl)C=[N+](C)C1=O. The number of urea groups is 1. The number of carbonyl (C=O) groups excluding carboxylic acids is 2. The maximum Gasteiger partial charge on any atom is 0.500 e. The van der Waals surface area contributed by atoms with Crippen molar-refractivity contribution in [3.8, 4) is 0 Å². The predicted molar refractivity (Wildman–Crippen MR) is 40.1 cm³/mol. The third-order valence-corrected chi connectivity index (χ3v) is 1.81. The van der Waals surface area contributed by atoms with Gasteiger partial charge in [-0.15, -0.1) is 11.6 Å². The van der Waals surface area contributed by atoms with Crippen LogP contribution < -0.4 is 0 Å². The molecule has 1 rings (SSSR count). The van der Waals surface area contributed by atoms with E-state index in [9.17, 15) is 9.59 Å². The molecular formula is C6H8ClN2O2+. The van der Waals surface area contributed by atoms with Crippen LogP contribution in [0.5, 0.6) is 0 Å². The Kier molecular flexibility index (Phi) is 1.95. The molecule has 0 aliphatic carbocycles. The molecule has 11 heavy (non-hydrogen) atoms. The highest BCUT2D eigenvalue weighted by Crippen LogP contribution is 2.04. The van der Waals surface area contributed by atoms with E-state index >= 15 is 0 Å². The first-order valence-electron chi connectivity index (χ1n) is 3.07. The van der Waals surface area contributed by atoms with Crippen LogP contribution in [0, 0.1) is 0 Å². The van der Waals surface area contributed by atoms with Gasteiger partial charge in [0.2, 0.25) is 0 Å². The number of nitrogens with zero attached hydrogens (tertiary/aromatic N) is 2. The van der Waals surface area contributed by atoms with Gasteiger partial charge in [0.1, 0.15) is 6.21 Å². The van der Waals surface area contributed by atoms with Gasteiger partial charge in [0.15, 0.2) is 5.38 Å². The van der Waals surface area contributed by atoms with E-state index in [4.69, 9.17) is 11.6 Å². The first-order chi connectivity index (χ1) is 5.04. The molecule has 0 aromatic heterocycles. The summed E-state index contributed by atoms with van der Waals surface area (Å²) in [5.74, 6) is -0.380. The van der Waals surface area contributed by atoms with E-state index in [2.05, 4.69) is 0 Å². The molecule has 0 saturated carbocycles. The van der Waals surface area contributed by atoms with Crippen LogP contribution in [-0.2, 0) is 4.79 Å². The second-order valence-electron chi connectivity index (χ2n) is 2.34. The first kappa shape index (κ1) is 8.20. The van der Waals surface area contributed by atoms with Crippen molar-refractivity contribution >= 4 is 29.8 Å². The summed E-state index contributed by atoms with van der Waals surface area (Å²) in [7, 11) is 2.96. The fourth-order valence-corrected chi connectivity index (χ4v) is 1.16. The molecule has 1 aliphatic rings. The molecule has 0 aromatic carbocycles. The lowest BCUT2D eigenvalue weighted by molar-refractivity contribution is -0.399. The minimum Gasteiger partial charge on any atom is -0.244 e. The Morgan fingerprint density at radius 1 is 1.64 bits per heavy atom. The average Bonchev–Trinajstić information content (AvgIpc) is 1.97. The lowest BCUT2D eigenvalue weighted by Crippen LogP contribution is -2.48. The van der Waals surface area contributed by atoms with Gasteiger partial charge in [-0.3, -0.25) is 0 Å². The number of amides is 3. The van der Waals surface area contributed by atoms with E-state index in [1.807, 2.05) is 0 Å². The van der Waals surface area contributed by atoms with Crippen LogP contribution in [0.15, 0.2) is 0 Å². The molecule has 0 radical (unpaired) electrons. The van der Waals surface area contributed by atoms with Gasteiger partial charge < -0.3 is 0 Å². The Morgan fingerprint density at radius 3 is 2.73 bits per heavy atom. The van der Waals surface area contributed by atoms with Crippen molar-refractivity contribution in [3.05, 3.63) is 0 Å². The highest BCUT2D eigenvalue weighted by Gasteiger charge is 2.37. The van der Waals surface area contributed by atoms with Gasteiger partial charge in [0.05, 0.1) is 14.1 Å². The summed E-state index contributed by atoms with van der Waals surface area (Å²) in [6.07, 6.45) is 1.38. The maximum atomic E-state index is 11.0. The summed E-state index contributed by atoms with van der Waals surface area (Å²) in [5.41, 5.74) is 0. The van der Waals surface area contributed by atoms with Crippen LogP contribution in [0.3, 0.4) is 0 Å². The summed E-state index contributed by atoms with van der Waals surface area (Å²) >= 11 is 5.58. The number of alkyl halides is 1. The highest BCUT2D eigenvalue weighted by molar-refractivity contribution is 6.40. The molecule has 1 atom stereocenters. The minimum absolute atomic E-state index is 0.355. The zero-order chi connectivity index (χ0) is 8.59. The molecular weight excluding hydrogens is 168 g/mol. The monoisotopic (exact) mass is 175 g/mol. The van der Waals surface area contributed by atoms with Crippen molar-refractivity contribution in [1.82, 2.24) is 4.90 Å². The second kappa shape index (κ2) is 2.62. The molecule has 1 heterocycles. The molecule has 0 spiro atoms. The molecule has 0 bridgehead atoms. The Labute approximate surface area is 69.0 Å². The van der Waals surface area contributed by atoms with Crippen LogP contribution in [0.25, 0.3) is 0 Å². The van der Waals surface area contributed by atoms with Gasteiger partial charge in [-0.1, -0.05) is 0 Å². The maximum absolute atomic E-state index is 11.0. The Bertz CT molecular complexity index is 249. The fraction of sp³-hybridized carbons (Fsp3) is 0.500. The molecule has 1 unspecified atom stereocenters. The minimum atomic E-state index is -0.720. The summed E-state index contributed by atoms with van der Waals surface area (Å²) < 4.78 is 1.29. The quantitative estimate of drug-likeness (QED) is 0.381. The van der Waals surface area contributed by atoms with Crippen LogP contribution >= 0.6 is 11.6 Å². The van der Waals surface area contributed by atoms with Crippen molar-refractivity contribution in [3.63, 3.8) is 0 Å². The van der Waals surface area contributed by atoms with E-state index < -0.39 is 5.38 Å². The van der Waals surface area contributed by atoms with Crippen molar-refractivity contribution < 1.29 is 14.2 Å². The zero-order valence-corrected chi connectivity index (χ0v) is 7.00. The van der Waals surface area contributed by atoms with Crippen LogP contribution in [0.2, 0.25) is 0 Å². The van der Waals surface area contributed by atoms with E-state index in [-0.39, 0.29) is 11.9 Å². The molecule has 0 N–H and O–H groups in total.